The molecule has 1 atom stereocenters. The van der Waals surface area contributed by atoms with Crippen molar-refractivity contribution in [2.24, 2.45) is 0 Å². The van der Waals surface area contributed by atoms with Gasteiger partial charge >= 0.3 is 0 Å². The maximum absolute atomic E-state index is 12.0. The van der Waals surface area contributed by atoms with Crippen LogP contribution in [-0.4, -0.2) is 12.0 Å². The molecule has 2 rings (SSSR count). The number of nitrogens with one attached hydrogen (secondary N) is 1. The van der Waals surface area contributed by atoms with Crippen LogP contribution in [-0.2, 0) is 4.79 Å². The van der Waals surface area contributed by atoms with Crippen molar-refractivity contribution in [1.29, 1.82) is 0 Å². The first-order valence-corrected chi connectivity index (χ1v) is 6.51. The lowest BCUT2D eigenvalue weighted by Crippen LogP contribution is -2.30. The predicted octanol–water partition coefficient (Wildman–Crippen LogP) is 3.33. The highest BCUT2D eigenvalue weighted by Gasteiger charge is 2.14. The van der Waals surface area contributed by atoms with Gasteiger partial charge in [-0.1, -0.05) is 11.6 Å². The summed E-state index contributed by atoms with van der Waals surface area (Å²) in [5.41, 5.74) is 6.91. The van der Waals surface area contributed by atoms with Crippen molar-refractivity contribution in [2.45, 2.75) is 13.0 Å². The van der Waals surface area contributed by atoms with Gasteiger partial charge in [-0.25, -0.2) is 0 Å². The molecule has 20 heavy (non-hydrogen) atoms. The lowest BCUT2D eigenvalue weighted by atomic mass is 10.3. The minimum Gasteiger partial charge on any atom is -0.481 e. The monoisotopic (exact) mass is 290 g/mol. The molecular weight excluding hydrogens is 276 g/mol. The zero-order chi connectivity index (χ0) is 14.5. The van der Waals surface area contributed by atoms with Crippen molar-refractivity contribution in [3.8, 4) is 5.75 Å². The Morgan fingerprint density at radius 1 is 1.15 bits per heavy atom. The van der Waals surface area contributed by atoms with Gasteiger partial charge in [0, 0.05) is 16.4 Å². The number of carbonyl (C=O) groups is 1. The van der Waals surface area contributed by atoms with Crippen LogP contribution in [0.15, 0.2) is 48.5 Å². The molecule has 1 amide bonds. The van der Waals surface area contributed by atoms with Gasteiger partial charge in [-0.2, -0.15) is 0 Å². The number of hydrogen-bond acceptors (Lipinski definition) is 3. The molecule has 1 unspecified atom stereocenters. The number of benzene rings is 2. The summed E-state index contributed by atoms with van der Waals surface area (Å²) in [6.07, 6.45) is -0.616. The number of ether oxygens (including phenoxy) is 1. The van der Waals surface area contributed by atoms with E-state index in [4.69, 9.17) is 22.1 Å². The number of amides is 1. The Balaban J connectivity index is 1.94. The summed E-state index contributed by atoms with van der Waals surface area (Å²) in [5, 5.41) is 3.37. The minimum atomic E-state index is -0.616. The van der Waals surface area contributed by atoms with Gasteiger partial charge < -0.3 is 15.8 Å². The highest BCUT2D eigenvalue weighted by Crippen LogP contribution is 2.16. The van der Waals surface area contributed by atoms with Gasteiger partial charge in [-0.3, -0.25) is 4.79 Å². The molecule has 0 saturated carbocycles. The third-order valence-electron chi connectivity index (χ3n) is 2.67. The summed E-state index contributed by atoms with van der Waals surface area (Å²) in [6, 6.07) is 13.8. The largest absolute Gasteiger partial charge is 0.481 e. The standard InChI is InChI=1S/C15H15ClN2O2/c1-10(20-14-8-4-12(17)5-9-14)15(19)18-13-6-2-11(16)3-7-13/h2-10H,17H2,1H3,(H,18,19). The van der Waals surface area contributed by atoms with Crippen molar-refractivity contribution in [3.63, 3.8) is 0 Å². The molecule has 0 spiro atoms. The van der Waals surface area contributed by atoms with Crippen molar-refractivity contribution in [3.05, 3.63) is 53.6 Å². The number of nitrogens with two attached hydrogens (primary N) is 1. The van der Waals surface area contributed by atoms with E-state index in [0.29, 0.717) is 22.1 Å². The topological polar surface area (TPSA) is 64.3 Å². The van der Waals surface area contributed by atoms with Gasteiger partial charge in [0.15, 0.2) is 6.10 Å². The van der Waals surface area contributed by atoms with Crippen LogP contribution in [0.25, 0.3) is 0 Å². The fourth-order valence-corrected chi connectivity index (χ4v) is 1.71. The molecule has 0 aromatic heterocycles. The molecule has 0 heterocycles. The summed E-state index contributed by atoms with van der Waals surface area (Å²) in [7, 11) is 0. The van der Waals surface area contributed by atoms with E-state index in [1.807, 2.05) is 0 Å². The summed E-state index contributed by atoms with van der Waals surface area (Å²) >= 11 is 5.78. The van der Waals surface area contributed by atoms with Crippen LogP contribution in [0.3, 0.4) is 0 Å². The van der Waals surface area contributed by atoms with Crippen molar-refractivity contribution in [2.75, 3.05) is 11.1 Å². The summed E-state index contributed by atoms with van der Waals surface area (Å²) in [6.45, 7) is 1.68. The number of rotatable bonds is 4. The number of anilines is 2. The van der Waals surface area contributed by atoms with E-state index in [9.17, 15) is 4.79 Å². The molecule has 104 valence electrons. The molecule has 0 radical (unpaired) electrons. The quantitative estimate of drug-likeness (QED) is 0.849. The summed E-state index contributed by atoms with van der Waals surface area (Å²) < 4.78 is 5.53. The second kappa shape index (κ2) is 6.30. The Morgan fingerprint density at radius 3 is 2.35 bits per heavy atom. The van der Waals surface area contributed by atoms with Crippen LogP contribution in [0, 0.1) is 0 Å². The van der Waals surface area contributed by atoms with Gasteiger partial charge in [0.05, 0.1) is 0 Å². The van der Waals surface area contributed by atoms with Gasteiger partial charge in [-0.15, -0.1) is 0 Å². The third kappa shape index (κ3) is 3.90. The first-order chi connectivity index (χ1) is 9.54. The maximum Gasteiger partial charge on any atom is 0.265 e. The van der Waals surface area contributed by atoms with Crippen LogP contribution in [0.4, 0.5) is 11.4 Å². The fourth-order valence-electron chi connectivity index (χ4n) is 1.58. The zero-order valence-corrected chi connectivity index (χ0v) is 11.7. The summed E-state index contributed by atoms with van der Waals surface area (Å²) in [4.78, 5) is 12.0. The normalized spacial score (nSPS) is 11.7. The molecule has 2 aromatic rings. The van der Waals surface area contributed by atoms with Gasteiger partial charge in [-0.05, 0) is 55.5 Å². The molecule has 5 heteroatoms. The Hall–Kier alpha value is -2.20. The van der Waals surface area contributed by atoms with Crippen molar-refractivity contribution in [1.82, 2.24) is 0 Å². The van der Waals surface area contributed by atoms with E-state index in [1.54, 1.807) is 55.5 Å². The molecule has 3 N–H and O–H groups in total. The predicted molar refractivity (Wildman–Crippen MR) is 81.0 cm³/mol. The second-order valence-electron chi connectivity index (χ2n) is 4.33. The molecule has 0 fully saturated rings. The smallest absolute Gasteiger partial charge is 0.265 e. The highest BCUT2D eigenvalue weighted by molar-refractivity contribution is 6.30. The van der Waals surface area contributed by atoms with Crippen LogP contribution >= 0.6 is 11.6 Å². The molecule has 0 aliphatic rings. The van der Waals surface area contributed by atoms with Crippen LogP contribution in [0.5, 0.6) is 5.75 Å². The summed E-state index contributed by atoms with van der Waals surface area (Å²) in [5.74, 6) is 0.363. The molecular formula is C15H15ClN2O2. The first-order valence-electron chi connectivity index (χ1n) is 6.13. The number of nitrogen functional groups attached to an aromatic ring is 1. The van der Waals surface area contributed by atoms with Crippen LogP contribution in [0.2, 0.25) is 5.02 Å². The van der Waals surface area contributed by atoms with Gasteiger partial charge in [0.1, 0.15) is 5.75 Å². The van der Waals surface area contributed by atoms with E-state index < -0.39 is 6.10 Å². The zero-order valence-electron chi connectivity index (χ0n) is 11.0. The van der Waals surface area contributed by atoms with Crippen LogP contribution < -0.4 is 15.8 Å². The van der Waals surface area contributed by atoms with Crippen LogP contribution in [0.1, 0.15) is 6.92 Å². The lowest BCUT2D eigenvalue weighted by Gasteiger charge is -2.14. The fraction of sp³-hybridized carbons (Fsp3) is 0.133. The minimum absolute atomic E-state index is 0.232. The van der Waals surface area contributed by atoms with E-state index in [0.717, 1.165) is 0 Å². The van der Waals surface area contributed by atoms with E-state index >= 15 is 0 Å². The van der Waals surface area contributed by atoms with Crippen molar-refractivity contribution < 1.29 is 9.53 Å². The molecule has 4 nitrogen and oxygen atoms in total. The average molecular weight is 291 g/mol. The lowest BCUT2D eigenvalue weighted by molar-refractivity contribution is -0.122. The molecule has 0 aliphatic carbocycles. The average Bonchev–Trinajstić information content (AvgIpc) is 2.44. The number of halogens is 1. The second-order valence-corrected chi connectivity index (χ2v) is 4.76. The molecule has 0 saturated heterocycles. The molecule has 0 aliphatic heterocycles. The van der Waals surface area contributed by atoms with Gasteiger partial charge in [0.2, 0.25) is 0 Å². The Bertz CT molecular complexity index is 582. The van der Waals surface area contributed by atoms with E-state index in [1.165, 1.54) is 0 Å². The Labute approximate surface area is 122 Å². The number of carbonyl (C=O) groups excluding carboxylic acids is 1. The number of hydrogen-bond donors (Lipinski definition) is 2. The first kappa shape index (κ1) is 14.2. The Morgan fingerprint density at radius 2 is 1.75 bits per heavy atom. The highest BCUT2D eigenvalue weighted by atomic mass is 35.5. The third-order valence-corrected chi connectivity index (χ3v) is 2.93. The maximum atomic E-state index is 12.0. The molecule has 2 aromatic carbocycles. The van der Waals surface area contributed by atoms with Crippen molar-refractivity contribution >= 4 is 28.9 Å². The van der Waals surface area contributed by atoms with E-state index in [-0.39, 0.29) is 5.91 Å². The van der Waals surface area contributed by atoms with Gasteiger partial charge in [0.25, 0.3) is 5.91 Å². The van der Waals surface area contributed by atoms with E-state index in [2.05, 4.69) is 5.32 Å². The SMILES string of the molecule is CC(Oc1ccc(N)cc1)C(=O)Nc1ccc(Cl)cc1. The molecule has 0 bridgehead atoms. The Kier molecular flexibility index (Phi) is 4.48.